The SMILES string of the molecule is Cc1cc(Cn2cnc3c(C)csc3c2=O)no1. The van der Waals surface area contributed by atoms with Crippen molar-refractivity contribution in [1.82, 2.24) is 14.7 Å². The molecule has 0 aliphatic heterocycles. The maximum Gasteiger partial charge on any atom is 0.271 e. The van der Waals surface area contributed by atoms with Crippen LogP contribution in [0.4, 0.5) is 0 Å². The molecule has 0 saturated heterocycles. The lowest BCUT2D eigenvalue weighted by Crippen LogP contribution is -2.20. The van der Waals surface area contributed by atoms with Crippen LogP contribution in [0.3, 0.4) is 0 Å². The van der Waals surface area contributed by atoms with Crippen LogP contribution in [0, 0.1) is 13.8 Å². The van der Waals surface area contributed by atoms with E-state index in [4.69, 9.17) is 4.52 Å². The molecule has 0 bridgehead atoms. The zero-order valence-corrected chi connectivity index (χ0v) is 10.8. The van der Waals surface area contributed by atoms with Gasteiger partial charge in [-0.05, 0) is 24.8 Å². The van der Waals surface area contributed by atoms with E-state index in [-0.39, 0.29) is 5.56 Å². The van der Waals surface area contributed by atoms with Gasteiger partial charge in [-0.15, -0.1) is 11.3 Å². The molecule has 0 N–H and O–H groups in total. The van der Waals surface area contributed by atoms with Crippen LogP contribution in [-0.4, -0.2) is 14.7 Å². The molecular formula is C12H11N3O2S. The third kappa shape index (κ3) is 1.74. The van der Waals surface area contributed by atoms with Crippen LogP contribution in [0.25, 0.3) is 10.2 Å². The van der Waals surface area contributed by atoms with Gasteiger partial charge in [-0.25, -0.2) is 4.98 Å². The van der Waals surface area contributed by atoms with Crippen molar-refractivity contribution in [3.63, 3.8) is 0 Å². The summed E-state index contributed by atoms with van der Waals surface area (Å²) in [6, 6.07) is 1.82. The lowest BCUT2D eigenvalue weighted by atomic mass is 10.3. The predicted octanol–water partition coefficient (Wildman–Crippen LogP) is 2.11. The molecule has 0 fully saturated rings. The Morgan fingerprint density at radius 2 is 2.28 bits per heavy atom. The average molecular weight is 261 g/mol. The average Bonchev–Trinajstić information content (AvgIpc) is 2.91. The van der Waals surface area contributed by atoms with E-state index >= 15 is 0 Å². The number of fused-ring (bicyclic) bond motifs is 1. The highest BCUT2D eigenvalue weighted by Crippen LogP contribution is 2.19. The molecule has 0 saturated carbocycles. The topological polar surface area (TPSA) is 60.9 Å². The fraction of sp³-hybridized carbons (Fsp3) is 0.250. The van der Waals surface area contributed by atoms with Crippen molar-refractivity contribution in [2.75, 3.05) is 0 Å². The summed E-state index contributed by atoms with van der Waals surface area (Å²) in [5, 5.41) is 5.83. The van der Waals surface area contributed by atoms with E-state index in [9.17, 15) is 4.79 Å². The Bertz CT molecular complexity index is 769. The quantitative estimate of drug-likeness (QED) is 0.709. The first kappa shape index (κ1) is 11.2. The summed E-state index contributed by atoms with van der Waals surface area (Å²) in [5.41, 5.74) is 2.52. The number of aryl methyl sites for hydroxylation is 2. The van der Waals surface area contributed by atoms with Crippen molar-refractivity contribution in [3.05, 3.63) is 45.1 Å². The molecule has 0 aliphatic carbocycles. The second-order valence-corrected chi connectivity index (χ2v) is 5.08. The number of aromatic nitrogens is 3. The summed E-state index contributed by atoms with van der Waals surface area (Å²) in [7, 11) is 0. The molecule has 0 atom stereocenters. The number of hydrogen-bond acceptors (Lipinski definition) is 5. The third-order valence-electron chi connectivity index (χ3n) is 2.73. The second-order valence-electron chi connectivity index (χ2n) is 4.20. The molecule has 0 aliphatic rings. The molecule has 0 spiro atoms. The van der Waals surface area contributed by atoms with Crippen molar-refractivity contribution in [3.8, 4) is 0 Å². The molecule has 92 valence electrons. The van der Waals surface area contributed by atoms with Crippen LogP contribution in [0.1, 0.15) is 17.0 Å². The van der Waals surface area contributed by atoms with Gasteiger partial charge >= 0.3 is 0 Å². The zero-order valence-electron chi connectivity index (χ0n) is 10.0. The number of hydrogen-bond donors (Lipinski definition) is 0. The number of thiophene rings is 1. The van der Waals surface area contributed by atoms with E-state index in [0.29, 0.717) is 11.2 Å². The summed E-state index contributed by atoms with van der Waals surface area (Å²) in [5.74, 6) is 0.735. The molecule has 0 aromatic carbocycles. The minimum absolute atomic E-state index is 0.0289. The number of nitrogens with zero attached hydrogens (tertiary/aromatic N) is 3. The van der Waals surface area contributed by atoms with Crippen LogP contribution >= 0.6 is 11.3 Å². The summed E-state index contributed by atoms with van der Waals surface area (Å²) >= 11 is 1.43. The largest absolute Gasteiger partial charge is 0.361 e. The zero-order chi connectivity index (χ0) is 12.7. The normalized spacial score (nSPS) is 11.2. The molecule has 3 aromatic rings. The van der Waals surface area contributed by atoms with Crippen LogP contribution in [0.5, 0.6) is 0 Å². The molecule has 0 amide bonds. The molecule has 0 radical (unpaired) electrons. The fourth-order valence-corrected chi connectivity index (χ4v) is 2.79. The van der Waals surface area contributed by atoms with Gasteiger partial charge in [-0.3, -0.25) is 9.36 Å². The van der Waals surface area contributed by atoms with E-state index < -0.39 is 0 Å². The van der Waals surface area contributed by atoms with E-state index in [1.54, 1.807) is 10.9 Å². The van der Waals surface area contributed by atoms with Crippen LogP contribution in [0.15, 0.2) is 27.1 Å². The predicted molar refractivity (Wildman–Crippen MR) is 69.0 cm³/mol. The Balaban J connectivity index is 2.07. The minimum Gasteiger partial charge on any atom is -0.361 e. The van der Waals surface area contributed by atoms with Crippen molar-refractivity contribution >= 4 is 21.6 Å². The molecule has 3 rings (SSSR count). The first-order chi connectivity index (χ1) is 8.65. The van der Waals surface area contributed by atoms with Gasteiger partial charge in [-0.2, -0.15) is 0 Å². The fourth-order valence-electron chi connectivity index (χ4n) is 1.84. The molecule has 0 unspecified atom stereocenters. The van der Waals surface area contributed by atoms with Crippen LogP contribution in [-0.2, 0) is 6.54 Å². The highest BCUT2D eigenvalue weighted by molar-refractivity contribution is 7.17. The maximum atomic E-state index is 12.2. The van der Waals surface area contributed by atoms with E-state index in [1.807, 2.05) is 25.3 Å². The van der Waals surface area contributed by atoms with Gasteiger partial charge in [0.1, 0.15) is 16.2 Å². The molecule has 18 heavy (non-hydrogen) atoms. The Hall–Kier alpha value is -1.95. The van der Waals surface area contributed by atoms with Crippen molar-refractivity contribution in [2.24, 2.45) is 0 Å². The Morgan fingerprint density at radius 3 is 3.00 bits per heavy atom. The summed E-state index contributed by atoms with van der Waals surface area (Å²) < 4.78 is 7.23. The standard InChI is InChI=1S/C12H11N3O2S/c1-7-5-18-11-10(7)13-6-15(12(11)16)4-9-3-8(2)17-14-9/h3,5-6H,4H2,1-2H3. The first-order valence-corrected chi connectivity index (χ1v) is 6.38. The van der Waals surface area contributed by atoms with Gasteiger partial charge in [0.15, 0.2) is 0 Å². The lowest BCUT2D eigenvalue weighted by Gasteiger charge is -2.01. The van der Waals surface area contributed by atoms with Gasteiger partial charge in [0.2, 0.25) is 0 Å². The van der Waals surface area contributed by atoms with Crippen LogP contribution < -0.4 is 5.56 Å². The summed E-state index contributed by atoms with van der Waals surface area (Å²) in [6.07, 6.45) is 1.56. The smallest absolute Gasteiger partial charge is 0.271 e. The molecule has 3 aromatic heterocycles. The summed E-state index contributed by atoms with van der Waals surface area (Å²) in [4.78, 5) is 16.5. The Kier molecular flexibility index (Phi) is 2.52. The van der Waals surface area contributed by atoms with Gasteiger partial charge in [0.25, 0.3) is 5.56 Å². The van der Waals surface area contributed by atoms with Crippen molar-refractivity contribution in [1.29, 1.82) is 0 Å². The van der Waals surface area contributed by atoms with Gasteiger partial charge in [0, 0.05) is 6.07 Å². The maximum absolute atomic E-state index is 12.2. The van der Waals surface area contributed by atoms with Gasteiger partial charge in [-0.1, -0.05) is 5.16 Å². The van der Waals surface area contributed by atoms with E-state index in [1.165, 1.54) is 11.3 Å². The Labute approximate surface area is 107 Å². The summed E-state index contributed by atoms with van der Waals surface area (Å²) in [6.45, 7) is 4.16. The van der Waals surface area contributed by atoms with Crippen molar-refractivity contribution < 1.29 is 4.52 Å². The molecule has 5 nitrogen and oxygen atoms in total. The van der Waals surface area contributed by atoms with E-state index in [0.717, 1.165) is 22.5 Å². The minimum atomic E-state index is -0.0289. The van der Waals surface area contributed by atoms with Crippen LogP contribution in [0.2, 0.25) is 0 Å². The third-order valence-corrected chi connectivity index (χ3v) is 3.81. The van der Waals surface area contributed by atoms with Crippen molar-refractivity contribution in [2.45, 2.75) is 20.4 Å². The van der Waals surface area contributed by atoms with E-state index in [2.05, 4.69) is 10.1 Å². The highest BCUT2D eigenvalue weighted by atomic mass is 32.1. The number of rotatable bonds is 2. The first-order valence-electron chi connectivity index (χ1n) is 5.50. The molecule has 3 heterocycles. The second kappa shape index (κ2) is 4.06. The molecule has 6 heteroatoms. The highest BCUT2D eigenvalue weighted by Gasteiger charge is 2.09. The lowest BCUT2D eigenvalue weighted by molar-refractivity contribution is 0.388. The van der Waals surface area contributed by atoms with Gasteiger partial charge < -0.3 is 4.52 Å². The Morgan fingerprint density at radius 1 is 1.44 bits per heavy atom. The van der Waals surface area contributed by atoms with Gasteiger partial charge in [0.05, 0.1) is 18.4 Å². The molecular weight excluding hydrogens is 250 g/mol. The monoisotopic (exact) mass is 261 g/mol.